The Balaban J connectivity index is 1.37. The zero-order chi connectivity index (χ0) is 21.4. The van der Waals surface area contributed by atoms with Crippen molar-refractivity contribution in [2.45, 2.75) is 39.2 Å². The molecule has 2 aromatic carbocycles. The van der Waals surface area contributed by atoms with Gasteiger partial charge in [-0.05, 0) is 42.2 Å². The van der Waals surface area contributed by atoms with Crippen LogP contribution in [-0.4, -0.2) is 26.7 Å². The lowest BCUT2D eigenvalue weighted by Gasteiger charge is -2.31. The molecule has 0 radical (unpaired) electrons. The summed E-state index contributed by atoms with van der Waals surface area (Å²) >= 11 is 1.47. The first-order chi connectivity index (χ1) is 15.0. The lowest BCUT2D eigenvalue weighted by molar-refractivity contribution is 0.640. The van der Waals surface area contributed by atoms with Crippen LogP contribution in [0.3, 0.4) is 0 Å². The van der Waals surface area contributed by atoms with Crippen LogP contribution >= 0.6 is 11.3 Å². The molecule has 0 aliphatic carbocycles. The number of nitrogens with zero attached hydrogens (tertiary/aromatic N) is 5. The molecule has 6 heteroatoms. The molecule has 0 N–H and O–H groups in total. The molecule has 1 aliphatic heterocycles. The minimum atomic E-state index is -0.0371. The molecule has 4 aromatic rings. The fourth-order valence-corrected chi connectivity index (χ4v) is 4.61. The molecule has 5 rings (SSSR count). The fraction of sp³-hybridized carbons (Fsp3) is 0.280. The molecule has 0 bridgehead atoms. The lowest BCUT2D eigenvalue weighted by atomic mass is 9.78. The Kier molecular flexibility index (Phi) is 5.02. The standard InChI is InChI=1S/C25H25N5S/c1-17-4-6-19(7-5-17)25(2,3)20-8-10-21(11-9-20)30-13-12-18-14-26-23(28-22(18)15-30)24-29-27-16-31-24/h4-11,14,16H,12-13,15H2,1-3H3. The second-order valence-electron chi connectivity index (χ2n) is 8.62. The molecule has 31 heavy (non-hydrogen) atoms. The van der Waals surface area contributed by atoms with Gasteiger partial charge in [0.05, 0.1) is 12.2 Å². The third-order valence-corrected chi connectivity index (χ3v) is 6.91. The third-order valence-electron chi connectivity index (χ3n) is 6.22. The highest BCUT2D eigenvalue weighted by atomic mass is 32.1. The van der Waals surface area contributed by atoms with Crippen molar-refractivity contribution >= 4 is 17.0 Å². The molecule has 5 nitrogen and oxygen atoms in total. The van der Waals surface area contributed by atoms with E-state index in [9.17, 15) is 0 Å². The van der Waals surface area contributed by atoms with E-state index in [1.807, 2.05) is 6.20 Å². The summed E-state index contributed by atoms with van der Waals surface area (Å²) in [5, 5.41) is 8.78. The van der Waals surface area contributed by atoms with Crippen LogP contribution in [-0.2, 0) is 18.4 Å². The number of rotatable bonds is 4. The topological polar surface area (TPSA) is 54.8 Å². The number of benzene rings is 2. The van der Waals surface area contributed by atoms with Crippen molar-refractivity contribution in [3.05, 3.63) is 88.2 Å². The molecule has 0 saturated heterocycles. The van der Waals surface area contributed by atoms with E-state index in [1.165, 1.54) is 39.3 Å². The van der Waals surface area contributed by atoms with Crippen molar-refractivity contribution in [2.75, 3.05) is 11.4 Å². The maximum atomic E-state index is 4.79. The maximum absolute atomic E-state index is 4.79. The van der Waals surface area contributed by atoms with Gasteiger partial charge in [-0.15, -0.1) is 10.2 Å². The number of fused-ring (bicyclic) bond motifs is 1. The van der Waals surface area contributed by atoms with E-state index in [4.69, 9.17) is 4.98 Å². The molecule has 156 valence electrons. The van der Waals surface area contributed by atoms with E-state index in [2.05, 4.69) is 89.4 Å². The zero-order valence-corrected chi connectivity index (χ0v) is 18.9. The highest BCUT2D eigenvalue weighted by molar-refractivity contribution is 7.12. The second-order valence-corrected chi connectivity index (χ2v) is 9.45. The van der Waals surface area contributed by atoms with Gasteiger partial charge in [0.2, 0.25) is 0 Å². The van der Waals surface area contributed by atoms with Crippen molar-refractivity contribution in [3.8, 4) is 10.8 Å². The Morgan fingerprint density at radius 3 is 2.35 bits per heavy atom. The van der Waals surface area contributed by atoms with Gasteiger partial charge in [-0.2, -0.15) is 0 Å². The number of aryl methyl sites for hydroxylation is 1. The van der Waals surface area contributed by atoms with Crippen LogP contribution in [0.4, 0.5) is 5.69 Å². The van der Waals surface area contributed by atoms with Crippen molar-refractivity contribution in [1.82, 2.24) is 20.2 Å². The van der Waals surface area contributed by atoms with E-state index in [0.29, 0.717) is 5.82 Å². The summed E-state index contributed by atoms with van der Waals surface area (Å²) in [6.45, 7) is 8.45. The van der Waals surface area contributed by atoms with E-state index in [-0.39, 0.29) is 5.41 Å². The van der Waals surface area contributed by atoms with Crippen LogP contribution in [0.2, 0.25) is 0 Å². The Labute approximate surface area is 186 Å². The van der Waals surface area contributed by atoms with E-state index >= 15 is 0 Å². The lowest BCUT2D eigenvalue weighted by Crippen LogP contribution is -2.31. The largest absolute Gasteiger partial charge is 0.365 e. The summed E-state index contributed by atoms with van der Waals surface area (Å²) in [4.78, 5) is 11.7. The van der Waals surface area contributed by atoms with Gasteiger partial charge in [0, 0.05) is 23.8 Å². The van der Waals surface area contributed by atoms with Crippen LogP contribution in [0.25, 0.3) is 10.8 Å². The smallest absolute Gasteiger partial charge is 0.191 e. The first-order valence-electron chi connectivity index (χ1n) is 10.5. The molecular formula is C25H25N5S. The molecule has 0 unspecified atom stereocenters. The van der Waals surface area contributed by atoms with Crippen molar-refractivity contribution < 1.29 is 0 Å². The molecule has 0 fully saturated rings. The zero-order valence-electron chi connectivity index (χ0n) is 18.0. The van der Waals surface area contributed by atoms with Gasteiger partial charge in [-0.1, -0.05) is 67.1 Å². The molecule has 0 spiro atoms. The van der Waals surface area contributed by atoms with Crippen LogP contribution in [0.1, 0.15) is 41.8 Å². The third kappa shape index (κ3) is 3.83. The minimum absolute atomic E-state index is 0.0371. The average molecular weight is 428 g/mol. The Morgan fingerprint density at radius 1 is 0.968 bits per heavy atom. The fourth-order valence-electron chi connectivity index (χ4n) is 4.12. The van der Waals surface area contributed by atoms with Gasteiger partial charge in [0.15, 0.2) is 10.8 Å². The summed E-state index contributed by atoms with van der Waals surface area (Å²) in [6.07, 6.45) is 2.89. The monoisotopic (exact) mass is 427 g/mol. The Bertz CT molecular complexity index is 1180. The molecule has 2 aromatic heterocycles. The minimum Gasteiger partial charge on any atom is -0.365 e. The van der Waals surface area contributed by atoms with Gasteiger partial charge in [0.1, 0.15) is 5.51 Å². The van der Waals surface area contributed by atoms with Gasteiger partial charge in [-0.3, -0.25) is 0 Å². The molecule has 1 aliphatic rings. The van der Waals surface area contributed by atoms with Crippen LogP contribution in [0.15, 0.2) is 60.2 Å². The molecule has 0 saturated carbocycles. The van der Waals surface area contributed by atoms with Crippen molar-refractivity contribution in [2.24, 2.45) is 0 Å². The van der Waals surface area contributed by atoms with Crippen molar-refractivity contribution in [1.29, 1.82) is 0 Å². The molecule has 0 atom stereocenters. The summed E-state index contributed by atoms with van der Waals surface area (Å²) in [6, 6.07) is 17.9. The van der Waals surface area contributed by atoms with Crippen LogP contribution in [0, 0.1) is 6.92 Å². The highest BCUT2D eigenvalue weighted by Crippen LogP contribution is 2.33. The molecule has 0 amide bonds. The van der Waals surface area contributed by atoms with Crippen molar-refractivity contribution in [3.63, 3.8) is 0 Å². The van der Waals surface area contributed by atoms with Crippen LogP contribution in [0.5, 0.6) is 0 Å². The summed E-state index contributed by atoms with van der Waals surface area (Å²) in [5.74, 6) is 0.665. The molecular weight excluding hydrogens is 402 g/mol. The number of hydrogen-bond donors (Lipinski definition) is 0. The maximum Gasteiger partial charge on any atom is 0.191 e. The quantitative estimate of drug-likeness (QED) is 0.448. The normalized spacial score (nSPS) is 13.8. The van der Waals surface area contributed by atoms with Gasteiger partial charge < -0.3 is 4.90 Å². The first-order valence-corrected chi connectivity index (χ1v) is 11.4. The van der Waals surface area contributed by atoms with Crippen LogP contribution < -0.4 is 4.90 Å². The summed E-state index contributed by atoms with van der Waals surface area (Å²) in [5.41, 5.74) is 9.15. The van der Waals surface area contributed by atoms with E-state index in [1.54, 1.807) is 5.51 Å². The van der Waals surface area contributed by atoms with E-state index in [0.717, 1.165) is 30.2 Å². The number of aromatic nitrogens is 4. The Hall–Kier alpha value is -3.12. The molecule has 3 heterocycles. The predicted octanol–water partition coefficient (Wildman–Crippen LogP) is 5.19. The number of hydrogen-bond acceptors (Lipinski definition) is 6. The number of anilines is 1. The second kappa shape index (κ2) is 7.85. The van der Waals surface area contributed by atoms with E-state index < -0.39 is 0 Å². The predicted molar refractivity (Wildman–Crippen MR) is 125 cm³/mol. The summed E-state index contributed by atoms with van der Waals surface area (Å²) in [7, 11) is 0. The first kappa shape index (κ1) is 19.8. The Morgan fingerprint density at radius 2 is 1.68 bits per heavy atom. The van der Waals surface area contributed by atoms with Gasteiger partial charge in [-0.25, -0.2) is 9.97 Å². The average Bonchev–Trinajstić information content (AvgIpc) is 3.34. The highest BCUT2D eigenvalue weighted by Gasteiger charge is 2.24. The SMILES string of the molecule is Cc1ccc(C(C)(C)c2ccc(N3CCc4cnc(-c5nncs5)nc4C3)cc2)cc1. The van der Waals surface area contributed by atoms with Gasteiger partial charge >= 0.3 is 0 Å². The summed E-state index contributed by atoms with van der Waals surface area (Å²) < 4.78 is 0. The van der Waals surface area contributed by atoms with Gasteiger partial charge in [0.25, 0.3) is 0 Å².